The molecule has 2 aromatic carbocycles. The molecule has 0 fully saturated rings. The quantitative estimate of drug-likeness (QED) is 0.641. The number of ether oxygens (including phenoxy) is 2. The van der Waals surface area contributed by atoms with Gasteiger partial charge in [0.05, 0.1) is 24.9 Å². The third-order valence-electron chi connectivity index (χ3n) is 4.57. The minimum atomic E-state index is -3.47. The van der Waals surface area contributed by atoms with E-state index in [2.05, 4.69) is 0 Å². The van der Waals surface area contributed by atoms with Crippen LogP contribution in [0.2, 0.25) is 0 Å². The lowest BCUT2D eigenvalue weighted by Gasteiger charge is -2.18. The molecule has 0 aromatic heterocycles. The van der Waals surface area contributed by atoms with Crippen LogP contribution in [0.3, 0.4) is 0 Å². The lowest BCUT2D eigenvalue weighted by atomic mass is 10.1. The molecule has 152 valence electrons. The van der Waals surface area contributed by atoms with Gasteiger partial charge >= 0.3 is 0 Å². The molecule has 7 heteroatoms. The molecule has 0 saturated carbocycles. The molecule has 0 spiro atoms. The number of hydrogen-bond acceptors (Lipinski definition) is 5. The molecule has 0 aliphatic carbocycles. The summed E-state index contributed by atoms with van der Waals surface area (Å²) in [5.74, 6) is 0.890. The highest BCUT2D eigenvalue weighted by atomic mass is 32.2. The molecule has 0 N–H and O–H groups in total. The number of benzene rings is 2. The van der Waals surface area contributed by atoms with E-state index in [9.17, 15) is 13.2 Å². The van der Waals surface area contributed by atoms with Gasteiger partial charge in [0.25, 0.3) is 0 Å². The maximum Gasteiger partial charge on any atom is 0.223 e. The smallest absolute Gasteiger partial charge is 0.223 e. The zero-order chi connectivity index (χ0) is 20.7. The Labute approximate surface area is 167 Å². The summed E-state index contributed by atoms with van der Waals surface area (Å²) in [6.45, 7) is 2.38. The van der Waals surface area contributed by atoms with Crippen LogP contribution in [0.1, 0.15) is 17.5 Å². The van der Waals surface area contributed by atoms with Crippen LogP contribution in [0.15, 0.2) is 47.4 Å². The van der Waals surface area contributed by atoms with Gasteiger partial charge in [0.1, 0.15) is 0 Å². The second kappa shape index (κ2) is 9.59. The summed E-state index contributed by atoms with van der Waals surface area (Å²) >= 11 is 0. The van der Waals surface area contributed by atoms with Crippen LogP contribution in [0.5, 0.6) is 11.5 Å². The number of hydrogen-bond donors (Lipinski definition) is 0. The van der Waals surface area contributed by atoms with E-state index in [-0.39, 0.29) is 23.0 Å². The average molecular weight is 406 g/mol. The van der Waals surface area contributed by atoms with Gasteiger partial charge in [-0.05, 0) is 43.2 Å². The van der Waals surface area contributed by atoms with Crippen molar-refractivity contribution in [3.05, 3.63) is 53.6 Å². The van der Waals surface area contributed by atoms with Crippen molar-refractivity contribution in [1.82, 2.24) is 4.90 Å². The van der Waals surface area contributed by atoms with Crippen molar-refractivity contribution in [3.63, 3.8) is 0 Å². The van der Waals surface area contributed by atoms with Crippen molar-refractivity contribution >= 4 is 15.7 Å². The van der Waals surface area contributed by atoms with Crippen molar-refractivity contribution < 1.29 is 22.7 Å². The highest BCUT2D eigenvalue weighted by Crippen LogP contribution is 2.27. The second-order valence-electron chi connectivity index (χ2n) is 6.64. The number of amides is 1. The molecule has 0 saturated heterocycles. The molecule has 0 heterocycles. The molecular formula is C21H27NO5S. The van der Waals surface area contributed by atoms with Gasteiger partial charge in [0, 0.05) is 20.0 Å². The Morgan fingerprint density at radius 3 is 2.25 bits per heavy atom. The Hall–Kier alpha value is -2.54. The number of nitrogens with zero attached hydrogens (tertiary/aromatic N) is 1. The maximum absolute atomic E-state index is 12.4. The van der Waals surface area contributed by atoms with Crippen molar-refractivity contribution in [2.24, 2.45) is 0 Å². The summed E-state index contributed by atoms with van der Waals surface area (Å²) in [6, 6.07) is 12.3. The Morgan fingerprint density at radius 2 is 1.64 bits per heavy atom. The van der Waals surface area contributed by atoms with Crippen LogP contribution in [-0.4, -0.2) is 52.8 Å². The minimum absolute atomic E-state index is 0.0430. The van der Waals surface area contributed by atoms with Gasteiger partial charge < -0.3 is 14.4 Å². The van der Waals surface area contributed by atoms with Gasteiger partial charge in [-0.25, -0.2) is 8.42 Å². The van der Waals surface area contributed by atoms with Crippen molar-refractivity contribution in [1.29, 1.82) is 0 Å². The van der Waals surface area contributed by atoms with Gasteiger partial charge in [-0.15, -0.1) is 0 Å². The van der Waals surface area contributed by atoms with Gasteiger partial charge in [0.15, 0.2) is 21.3 Å². The van der Waals surface area contributed by atoms with E-state index in [0.29, 0.717) is 24.5 Å². The van der Waals surface area contributed by atoms with Crippen LogP contribution in [-0.2, 0) is 21.1 Å². The van der Waals surface area contributed by atoms with E-state index >= 15 is 0 Å². The average Bonchev–Trinajstić information content (AvgIpc) is 2.70. The van der Waals surface area contributed by atoms with Gasteiger partial charge in [-0.2, -0.15) is 0 Å². The fraction of sp³-hybridized carbons (Fsp3) is 0.381. The molecular weight excluding hydrogens is 378 g/mol. The fourth-order valence-electron chi connectivity index (χ4n) is 2.73. The first kappa shape index (κ1) is 21.8. The molecule has 1 amide bonds. The number of sulfone groups is 1. The van der Waals surface area contributed by atoms with Gasteiger partial charge in [0.2, 0.25) is 5.91 Å². The van der Waals surface area contributed by atoms with E-state index in [1.807, 2.05) is 25.1 Å². The summed E-state index contributed by atoms with van der Waals surface area (Å²) < 4.78 is 35.3. The number of rotatable bonds is 9. The van der Waals surface area contributed by atoms with Crippen LogP contribution in [0.4, 0.5) is 0 Å². The number of aryl methyl sites for hydroxylation is 1. The Kier molecular flexibility index (Phi) is 7.45. The standard InChI is InChI=1S/C21H27NO5S/c1-16-5-8-18(9-6-16)28(24,25)14-12-21(23)22(2)13-11-17-7-10-19(26-3)20(15-17)27-4/h5-10,15H,11-14H2,1-4H3. The summed E-state index contributed by atoms with van der Waals surface area (Å²) in [6.07, 6.45) is 0.589. The highest BCUT2D eigenvalue weighted by Gasteiger charge is 2.18. The van der Waals surface area contributed by atoms with Crippen LogP contribution < -0.4 is 9.47 Å². The number of likely N-dealkylation sites (N-methyl/N-ethyl adjacent to an activating group) is 1. The fourth-order valence-corrected chi connectivity index (χ4v) is 3.96. The third-order valence-corrected chi connectivity index (χ3v) is 6.31. The highest BCUT2D eigenvalue weighted by molar-refractivity contribution is 7.91. The first-order valence-corrected chi connectivity index (χ1v) is 10.7. The summed E-state index contributed by atoms with van der Waals surface area (Å²) in [4.78, 5) is 14.1. The molecule has 0 aliphatic rings. The van der Waals surface area contributed by atoms with E-state index in [1.54, 1.807) is 50.4 Å². The molecule has 0 bridgehead atoms. The summed E-state index contributed by atoms with van der Waals surface area (Å²) in [5, 5.41) is 0. The molecule has 6 nitrogen and oxygen atoms in total. The van der Waals surface area contributed by atoms with Crippen molar-refractivity contribution in [2.75, 3.05) is 33.6 Å². The zero-order valence-corrected chi connectivity index (χ0v) is 17.6. The Balaban J connectivity index is 1.90. The predicted octanol–water partition coefficient (Wildman–Crippen LogP) is 2.88. The molecule has 0 unspecified atom stereocenters. The summed E-state index contributed by atoms with van der Waals surface area (Å²) in [7, 11) is 1.37. The van der Waals surface area contributed by atoms with Crippen LogP contribution in [0, 0.1) is 6.92 Å². The Bertz CT molecular complexity index is 907. The van der Waals surface area contributed by atoms with Crippen molar-refractivity contribution in [3.8, 4) is 11.5 Å². The third kappa shape index (κ3) is 5.73. The van der Waals surface area contributed by atoms with Gasteiger partial charge in [-0.3, -0.25) is 4.79 Å². The molecule has 0 atom stereocenters. The van der Waals surface area contributed by atoms with E-state index in [4.69, 9.17) is 9.47 Å². The molecule has 2 aromatic rings. The molecule has 2 rings (SSSR count). The number of carbonyl (C=O) groups excluding carboxylic acids is 1. The first-order chi connectivity index (χ1) is 13.3. The molecule has 0 aliphatic heterocycles. The molecule has 28 heavy (non-hydrogen) atoms. The van der Waals surface area contributed by atoms with Crippen LogP contribution >= 0.6 is 0 Å². The minimum Gasteiger partial charge on any atom is -0.493 e. The second-order valence-corrected chi connectivity index (χ2v) is 8.75. The topological polar surface area (TPSA) is 72.9 Å². The van der Waals surface area contributed by atoms with Gasteiger partial charge in [-0.1, -0.05) is 23.8 Å². The SMILES string of the molecule is COc1ccc(CCN(C)C(=O)CCS(=O)(=O)c2ccc(C)cc2)cc1OC. The zero-order valence-electron chi connectivity index (χ0n) is 16.8. The van der Waals surface area contributed by atoms with Crippen LogP contribution in [0.25, 0.3) is 0 Å². The van der Waals surface area contributed by atoms with E-state index in [1.165, 1.54) is 0 Å². The Morgan fingerprint density at radius 1 is 1.00 bits per heavy atom. The summed E-state index contributed by atoms with van der Waals surface area (Å²) in [5.41, 5.74) is 1.99. The lowest BCUT2D eigenvalue weighted by molar-refractivity contribution is -0.129. The van der Waals surface area contributed by atoms with Crippen molar-refractivity contribution in [2.45, 2.75) is 24.7 Å². The number of methoxy groups -OCH3 is 2. The van der Waals surface area contributed by atoms with E-state index in [0.717, 1.165) is 11.1 Å². The maximum atomic E-state index is 12.4. The monoisotopic (exact) mass is 405 g/mol. The number of carbonyl (C=O) groups is 1. The first-order valence-electron chi connectivity index (χ1n) is 9.01. The predicted molar refractivity (Wildman–Crippen MR) is 109 cm³/mol. The molecule has 0 radical (unpaired) electrons. The van der Waals surface area contributed by atoms with E-state index < -0.39 is 9.84 Å². The largest absolute Gasteiger partial charge is 0.493 e. The normalized spacial score (nSPS) is 11.1. The lowest BCUT2D eigenvalue weighted by Crippen LogP contribution is -2.30.